The molecule has 0 aliphatic rings. The molecule has 2 aromatic rings. The number of aromatic nitrogens is 2. The molecule has 1 N–H and O–H groups in total. The Morgan fingerprint density at radius 2 is 2.30 bits per heavy atom. The van der Waals surface area contributed by atoms with Crippen LogP contribution in [0.2, 0.25) is 5.02 Å². The molecule has 3 nitrogen and oxygen atoms in total. The summed E-state index contributed by atoms with van der Waals surface area (Å²) in [6.45, 7) is 2.80. The van der Waals surface area contributed by atoms with Crippen LogP contribution < -0.4 is 5.32 Å². The van der Waals surface area contributed by atoms with Crippen LogP contribution in [0.3, 0.4) is 0 Å². The van der Waals surface area contributed by atoms with E-state index in [1.807, 2.05) is 24.7 Å². The molecule has 0 aliphatic heterocycles. The molecule has 1 aromatic carbocycles. The summed E-state index contributed by atoms with van der Waals surface area (Å²) in [6, 6.07) is 6.67. The highest BCUT2D eigenvalue weighted by Gasteiger charge is 2.18. The highest BCUT2D eigenvalue weighted by molar-refractivity contribution is 7.99. The molecule has 0 spiro atoms. The Morgan fingerprint density at radius 3 is 2.95 bits per heavy atom. The normalized spacial score (nSPS) is 12.6. The lowest BCUT2D eigenvalue weighted by Crippen LogP contribution is -2.22. The monoisotopic (exact) mass is 313 g/mol. The molecule has 0 amide bonds. The fourth-order valence-corrected chi connectivity index (χ4v) is 3.33. The van der Waals surface area contributed by atoms with Gasteiger partial charge in [-0.3, -0.25) is 4.68 Å². The van der Waals surface area contributed by atoms with E-state index in [0.717, 1.165) is 22.9 Å². The lowest BCUT2D eigenvalue weighted by atomic mass is 10.2. The van der Waals surface area contributed by atoms with Crippen LogP contribution in [0.5, 0.6) is 0 Å². The SMILES string of the molecule is CCn1ncc(Cl)c1C(CSc1cccc(F)c1)NC. The predicted molar refractivity (Wildman–Crippen MR) is 81.8 cm³/mol. The summed E-state index contributed by atoms with van der Waals surface area (Å²) in [7, 11) is 1.89. The fourth-order valence-electron chi connectivity index (χ4n) is 2.01. The molecule has 1 heterocycles. The second-order valence-electron chi connectivity index (χ2n) is 4.30. The first-order chi connectivity index (χ1) is 9.65. The minimum Gasteiger partial charge on any atom is -0.311 e. The summed E-state index contributed by atoms with van der Waals surface area (Å²) < 4.78 is 15.1. The van der Waals surface area contributed by atoms with Crippen LogP contribution in [0.25, 0.3) is 0 Å². The second kappa shape index (κ2) is 7.11. The lowest BCUT2D eigenvalue weighted by molar-refractivity contribution is 0.549. The summed E-state index contributed by atoms with van der Waals surface area (Å²) in [5, 5.41) is 8.15. The fraction of sp³-hybridized carbons (Fsp3) is 0.357. The maximum atomic E-state index is 13.2. The maximum absolute atomic E-state index is 13.2. The van der Waals surface area contributed by atoms with E-state index in [1.54, 1.807) is 24.0 Å². The molecule has 0 aliphatic carbocycles. The van der Waals surface area contributed by atoms with E-state index in [-0.39, 0.29) is 11.9 Å². The number of benzene rings is 1. The number of hydrogen-bond donors (Lipinski definition) is 1. The molecule has 0 fully saturated rings. The van der Waals surface area contributed by atoms with Crippen molar-refractivity contribution in [2.24, 2.45) is 0 Å². The van der Waals surface area contributed by atoms with E-state index in [4.69, 9.17) is 11.6 Å². The molecule has 108 valence electrons. The number of nitrogens with one attached hydrogen (secondary N) is 1. The second-order valence-corrected chi connectivity index (χ2v) is 5.80. The van der Waals surface area contributed by atoms with Gasteiger partial charge in [0.1, 0.15) is 5.82 Å². The molecule has 1 unspecified atom stereocenters. The quantitative estimate of drug-likeness (QED) is 0.824. The van der Waals surface area contributed by atoms with Gasteiger partial charge in [0.25, 0.3) is 0 Å². The van der Waals surface area contributed by atoms with Gasteiger partial charge in [-0.05, 0) is 32.2 Å². The van der Waals surface area contributed by atoms with Crippen LogP contribution in [0.1, 0.15) is 18.7 Å². The van der Waals surface area contributed by atoms with Gasteiger partial charge < -0.3 is 5.32 Å². The summed E-state index contributed by atoms with van der Waals surface area (Å²) in [5.74, 6) is 0.540. The topological polar surface area (TPSA) is 29.9 Å². The average Bonchev–Trinajstić information content (AvgIpc) is 2.81. The van der Waals surface area contributed by atoms with Gasteiger partial charge >= 0.3 is 0 Å². The van der Waals surface area contributed by atoms with Gasteiger partial charge in [0, 0.05) is 17.2 Å². The first kappa shape index (κ1) is 15.4. The zero-order valence-corrected chi connectivity index (χ0v) is 13.0. The zero-order chi connectivity index (χ0) is 14.5. The zero-order valence-electron chi connectivity index (χ0n) is 11.4. The molecule has 0 radical (unpaired) electrons. The Kier molecular flexibility index (Phi) is 5.46. The molecule has 0 bridgehead atoms. The molecule has 0 saturated carbocycles. The minimum atomic E-state index is -0.215. The van der Waals surface area contributed by atoms with Gasteiger partial charge in [-0.15, -0.1) is 11.8 Å². The van der Waals surface area contributed by atoms with Gasteiger partial charge in [-0.2, -0.15) is 5.10 Å². The summed E-state index contributed by atoms with van der Waals surface area (Å²) in [4.78, 5) is 0.906. The largest absolute Gasteiger partial charge is 0.311 e. The van der Waals surface area contributed by atoms with E-state index < -0.39 is 0 Å². The van der Waals surface area contributed by atoms with Crippen molar-refractivity contribution < 1.29 is 4.39 Å². The summed E-state index contributed by atoms with van der Waals surface area (Å²) >= 11 is 7.80. The van der Waals surface area contributed by atoms with E-state index >= 15 is 0 Å². The molecule has 1 aromatic heterocycles. The van der Waals surface area contributed by atoms with Crippen LogP contribution in [0.4, 0.5) is 4.39 Å². The highest BCUT2D eigenvalue weighted by Crippen LogP contribution is 2.28. The summed E-state index contributed by atoms with van der Waals surface area (Å²) in [6.07, 6.45) is 1.66. The van der Waals surface area contributed by atoms with E-state index in [2.05, 4.69) is 10.4 Å². The third-order valence-electron chi connectivity index (χ3n) is 3.02. The van der Waals surface area contributed by atoms with Gasteiger partial charge in [-0.25, -0.2) is 4.39 Å². The van der Waals surface area contributed by atoms with Gasteiger partial charge in [-0.1, -0.05) is 17.7 Å². The third-order valence-corrected chi connectivity index (χ3v) is 4.40. The Labute approximate surface area is 127 Å². The van der Waals surface area contributed by atoms with Crippen molar-refractivity contribution in [1.82, 2.24) is 15.1 Å². The Bertz CT molecular complexity index is 573. The van der Waals surface area contributed by atoms with Crippen molar-refractivity contribution in [3.8, 4) is 0 Å². The molecule has 20 heavy (non-hydrogen) atoms. The van der Waals surface area contributed by atoms with Gasteiger partial charge in [0.05, 0.1) is 23.0 Å². The van der Waals surface area contributed by atoms with Crippen LogP contribution in [0, 0.1) is 5.82 Å². The number of rotatable bonds is 6. The number of halogens is 2. The van der Waals surface area contributed by atoms with Gasteiger partial charge in [0.15, 0.2) is 0 Å². The van der Waals surface area contributed by atoms with E-state index in [0.29, 0.717) is 5.02 Å². The first-order valence-corrected chi connectivity index (χ1v) is 7.79. The molecular weight excluding hydrogens is 297 g/mol. The molecule has 1 atom stereocenters. The lowest BCUT2D eigenvalue weighted by Gasteiger charge is -2.18. The van der Waals surface area contributed by atoms with Gasteiger partial charge in [0.2, 0.25) is 0 Å². The minimum absolute atomic E-state index is 0.0678. The Balaban J connectivity index is 2.11. The number of aryl methyl sites for hydroxylation is 1. The standard InChI is InChI=1S/C14H17ClFN3S/c1-3-19-14(12(15)8-18-19)13(17-2)9-20-11-6-4-5-10(16)7-11/h4-8,13,17H,3,9H2,1-2H3. The first-order valence-electron chi connectivity index (χ1n) is 6.42. The number of nitrogens with zero attached hydrogens (tertiary/aromatic N) is 2. The number of thioether (sulfide) groups is 1. The van der Waals surface area contributed by atoms with Crippen LogP contribution in [-0.2, 0) is 6.54 Å². The van der Waals surface area contributed by atoms with Crippen LogP contribution in [-0.4, -0.2) is 22.6 Å². The van der Waals surface area contributed by atoms with Crippen molar-refractivity contribution in [3.05, 3.63) is 47.0 Å². The maximum Gasteiger partial charge on any atom is 0.124 e. The molecule has 6 heteroatoms. The van der Waals surface area contributed by atoms with Crippen LogP contribution in [0.15, 0.2) is 35.4 Å². The average molecular weight is 314 g/mol. The number of hydrogen-bond acceptors (Lipinski definition) is 3. The highest BCUT2D eigenvalue weighted by atomic mass is 35.5. The van der Waals surface area contributed by atoms with Crippen molar-refractivity contribution in [1.29, 1.82) is 0 Å². The van der Waals surface area contributed by atoms with Crippen molar-refractivity contribution in [3.63, 3.8) is 0 Å². The predicted octanol–water partition coefficient (Wildman–Crippen LogP) is 3.75. The Hall–Kier alpha value is -1.04. The Morgan fingerprint density at radius 1 is 1.50 bits per heavy atom. The van der Waals surface area contributed by atoms with E-state index in [1.165, 1.54) is 12.1 Å². The van der Waals surface area contributed by atoms with E-state index in [9.17, 15) is 4.39 Å². The van der Waals surface area contributed by atoms with Crippen molar-refractivity contribution in [2.45, 2.75) is 24.4 Å². The van der Waals surface area contributed by atoms with Crippen LogP contribution >= 0.6 is 23.4 Å². The summed E-state index contributed by atoms with van der Waals surface area (Å²) in [5.41, 5.74) is 0.973. The molecular formula is C14H17ClFN3S. The molecule has 0 saturated heterocycles. The molecule has 2 rings (SSSR count). The van der Waals surface area contributed by atoms with Crippen molar-refractivity contribution in [2.75, 3.05) is 12.8 Å². The smallest absolute Gasteiger partial charge is 0.124 e. The third kappa shape index (κ3) is 3.53. The van der Waals surface area contributed by atoms with Crippen molar-refractivity contribution >= 4 is 23.4 Å².